The average molecular weight is 667 g/mol. The Hall–Kier alpha value is -6.43. The molecule has 0 fully saturated rings. The Morgan fingerprint density at radius 3 is 1.98 bits per heavy atom. The topological polar surface area (TPSA) is 35.6 Å². The zero-order valence-corrected chi connectivity index (χ0v) is 28.0. The van der Waals surface area contributed by atoms with Crippen LogP contribution in [-0.4, -0.2) is 19.1 Å². The van der Waals surface area contributed by atoms with Gasteiger partial charge in [-0.25, -0.2) is 9.97 Å². The Morgan fingerprint density at radius 2 is 1.10 bits per heavy atom. The van der Waals surface area contributed by atoms with Crippen molar-refractivity contribution in [1.29, 1.82) is 0 Å². The Balaban J connectivity index is 1.38. The van der Waals surface area contributed by atoms with Gasteiger partial charge in [-0.1, -0.05) is 127 Å². The summed E-state index contributed by atoms with van der Waals surface area (Å²) in [5.41, 5.74) is 8.72. The maximum absolute atomic E-state index is 5.54. The molecule has 4 nitrogen and oxygen atoms in total. The van der Waals surface area contributed by atoms with Crippen LogP contribution in [0, 0.1) is 0 Å². The molecule has 0 amide bonds. The molecule has 1 aliphatic rings. The van der Waals surface area contributed by atoms with Crippen LogP contribution in [0.25, 0.3) is 99.0 Å². The molecule has 0 atom stereocenters. The Labute approximate surface area is 296 Å². The Kier molecular flexibility index (Phi) is 5.41. The first-order valence-electron chi connectivity index (χ1n) is 17.3. The molecule has 0 spiro atoms. The molecule has 0 saturated carbocycles. The lowest BCUT2D eigenvalue weighted by molar-refractivity contribution is 1.01. The molecule has 5 heteroatoms. The third-order valence-corrected chi connectivity index (χ3v) is 11.8. The molecule has 0 radical (unpaired) electrons. The number of hydrogen-bond acceptors (Lipinski definition) is 3. The minimum atomic E-state index is 0.675. The largest absolute Gasteiger partial charge is 0.307 e. The van der Waals surface area contributed by atoms with Gasteiger partial charge in [0.15, 0.2) is 0 Å². The van der Waals surface area contributed by atoms with Crippen LogP contribution in [0.2, 0.25) is 0 Å². The van der Waals surface area contributed by atoms with Crippen molar-refractivity contribution < 1.29 is 0 Å². The van der Waals surface area contributed by atoms with Gasteiger partial charge >= 0.3 is 0 Å². The van der Waals surface area contributed by atoms with Gasteiger partial charge < -0.3 is 4.57 Å². The lowest BCUT2D eigenvalue weighted by Gasteiger charge is -2.20. The number of fused-ring (bicyclic) bond motifs is 14. The highest BCUT2D eigenvalue weighted by atomic mass is 32.2. The van der Waals surface area contributed by atoms with E-state index in [0.717, 1.165) is 44.4 Å². The fourth-order valence-electron chi connectivity index (χ4n) is 8.64. The molecule has 11 aromatic rings. The van der Waals surface area contributed by atoms with Crippen molar-refractivity contribution in [2.45, 2.75) is 9.79 Å². The maximum Gasteiger partial charge on any atom is 0.235 e. The van der Waals surface area contributed by atoms with Crippen molar-refractivity contribution in [3.8, 4) is 22.9 Å². The van der Waals surface area contributed by atoms with Gasteiger partial charge in [-0.3, -0.25) is 4.57 Å². The number of para-hydroxylation sites is 2. The Morgan fingerprint density at radius 1 is 0.412 bits per heavy atom. The monoisotopic (exact) mass is 666 g/mol. The zero-order valence-electron chi connectivity index (χ0n) is 27.2. The normalized spacial score (nSPS) is 12.6. The van der Waals surface area contributed by atoms with E-state index in [2.05, 4.69) is 167 Å². The van der Waals surface area contributed by atoms with E-state index in [-0.39, 0.29) is 0 Å². The highest BCUT2D eigenvalue weighted by Crippen LogP contribution is 2.50. The first-order chi connectivity index (χ1) is 25.3. The van der Waals surface area contributed by atoms with E-state index >= 15 is 0 Å². The van der Waals surface area contributed by atoms with Crippen molar-refractivity contribution in [3.05, 3.63) is 158 Å². The predicted molar refractivity (Wildman–Crippen MR) is 213 cm³/mol. The summed E-state index contributed by atoms with van der Waals surface area (Å²) in [6.45, 7) is 0. The predicted octanol–water partition coefficient (Wildman–Crippen LogP) is 12.3. The third kappa shape index (κ3) is 3.60. The van der Waals surface area contributed by atoms with Gasteiger partial charge in [0.2, 0.25) is 5.95 Å². The molecular weight excluding hydrogens is 641 g/mol. The first kappa shape index (κ1) is 27.4. The SMILES string of the molecule is c1ccc(-n2c3ccc4ccccc4c3c3c4ccccc4c4c5ccccc5n(-c5nc6c7c(cccc7n5)Sc5ccccc5-6)c4c32)cc1. The van der Waals surface area contributed by atoms with E-state index in [1.807, 2.05) is 0 Å². The summed E-state index contributed by atoms with van der Waals surface area (Å²) < 4.78 is 4.81. The molecule has 236 valence electrons. The van der Waals surface area contributed by atoms with E-state index < -0.39 is 0 Å². The van der Waals surface area contributed by atoms with Crippen LogP contribution in [0.5, 0.6) is 0 Å². The van der Waals surface area contributed by atoms with Crippen molar-refractivity contribution >= 4 is 87.8 Å². The van der Waals surface area contributed by atoms with Crippen LogP contribution >= 0.6 is 11.8 Å². The summed E-state index contributed by atoms with van der Waals surface area (Å²) in [6.07, 6.45) is 0. The van der Waals surface area contributed by atoms with Crippen LogP contribution in [0.1, 0.15) is 0 Å². The van der Waals surface area contributed by atoms with Crippen molar-refractivity contribution in [3.63, 3.8) is 0 Å². The van der Waals surface area contributed by atoms with E-state index in [4.69, 9.17) is 9.97 Å². The summed E-state index contributed by atoms with van der Waals surface area (Å²) in [5.74, 6) is 0.675. The van der Waals surface area contributed by atoms with E-state index in [1.165, 1.54) is 58.4 Å². The van der Waals surface area contributed by atoms with Gasteiger partial charge in [0.1, 0.15) is 0 Å². The molecule has 0 unspecified atom stereocenters. The fourth-order valence-corrected chi connectivity index (χ4v) is 9.75. The molecule has 3 aromatic heterocycles. The fraction of sp³-hybridized carbons (Fsp3) is 0. The van der Waals surface area contributed by atoms with Crippen molar-refractivity contribution in [1.82, 2.24) is 19.1 Å². The number of benzene rings is 8. The van der Waals surface area contributed by atoms with Gasteiger partial charge in [0, 0.05) is 48.0 Å². The molecule has 0 saturated heterocycles. The summed E-state index contributed by atoms with van der Waals surface area (Å²) in [6, 6.07) is 56.9. The summed E-state index contributed by atoms with van der Waals surface area (Å²) in [4.78, 5) is 13.4. The zero-order chi connectivity index (χ0) is 33.2. The average Bonchev–Trinajstić information content (AvgIpc) is 3.73. The molecule has 51 heavy (non-hydrogen) atoms. The van der Waals surface area contributed by atoms with Gasteiger partial charge in [-0.05, 0) is 64.0 Å². The first-order valence-corrected chi connectivity index (χ1v) is 18.1. The van der Waals surface area contributed by atoms with Crippen molar-refractivity contribution in [2.75, 3.05) is 0 Å². The van der Waals surface area contributed by atoms with Crippen molar-refractivity contribution in [2.24, 2.45) is 0 Å². The highest BCUT2D eigenvalue weighted by molar-refractivity contribution is 7.99. The number of rotatable bonds is 2. The third-order valence-electron chi connectivity index (χ3n) is 10.7. The summed E-state index contributed by atoms with van der Waals surface area (Å²) in [5, 5.41) is 10.9. The van der Waals surface area contributed by atoms with Crippen LogP contribution < -0.4 is 0 Å². The molecular formula is C46H26N4S. The van der Waals surface area contributed by atoms with Gasteiger partial charge in [-0.2, -0.15) is 0 Å². The number of hydrogen-bond donors (Lipinski definition) is 0. The summed E-state index contributed by atoms with van der Waals surface area (Å²) >= 11 is 1.80. The Bertz CT molecular complexity index is 3280. The molecule has 8 aromatic carbocycles. The van der Waals surface area contributed by atoms with Crippen LogP contribution in [0.15, 0.2) is 168 Å². The second-order valence-electron chi connectivity index (χ2n) is 13.3. The van der Waals surface area contributed by atoms with Gasteiger partial charge in [0.25, 0.3) is 0 Å². The number of nitrogens with zero attached hydrogens (tertiary/aromatic N) is 4. The molecule has 12 rings (SSSR count). The van der Waals surface area contributed by atoms with Gasteiger partial charge in [0.05, 0.1) is 33.3 Å². The molecule has 0 aliphatic carbocycles. The van der Waals surface area contributed by atoms with Crippen LogP contribution in [-0.2, 0) is 0 Å². The molecule has 0 N–H and O–H groups in total. The minimum absolute atomic E-state index is 0.675. The minimum Gasteiger partial charge on any atom is -0.307 e. The smallest absolute Gasteiger partial charge is 0.235 e. The highest BCUT2D eigenvalue weighted by Gasteiger charge is 2.28. The second kappa shape index (κ2) is 10.1. The lowest BCUT2D eigenvalue weighted by atomic mass is 9.96. The van der Waals surface area contributed by atoms with E-state index in [9.17, 15) is 0 Å². The molecule has 4 heterocycles. The van der Waals surface area contributed by atoms with E-state index in [1.54, 1.807) is 11.8 Å². The quantitative estimate of drug-likeness (QED) is 0.184. The maximum atomic E-state index is 5.54. The standard InChI is InChI=1S/C46H26N4S/c1-2-14-28(15-3-1)49-36-26-25-27-13-4-5-16-29(27)40(36)41-31-18-7-6-17-30(31)39-32-19-8-10-22-35(32)50(44(39)45(41)49)46-47-34-21-12-24-38-42(34)43(48-46)33-20-9-11-23-37(33)51-38/h1-26H. The molecule has 0 bridgehead atoms. The van der Waals surface area contributed by atoms with Crippen LogP contribution in [0.3, 0.4) is 0 Å². The van der Waals surface area contributed by atoms with Gasteiger partial charge in [-0.15, -0.1) is 0 Å². The second-order valence-corrected chi connectivity index (χ2v) is 14.4. The van der Waals surface area contributed by atoms with Crippen LogP contribution in [0.4, 0.5) is 0 Å². The van der Waals surface area contributed by atoms with E-state index in [0.29, 0.717) is 5.95 Å². The number of aromatic nitrogens is 4. The lowest BCUT2D eigenvalue weighted by Crippen LogP contribution is -2.06. The molecule has 1 aliphatic heterocycles. The summed E-state index contributed by atoms with van der Waals surface area (Å²) in [7, 11) is 0.